The third-order valence-corrected chi connectivity index (χ3v) is 2.90. The maximum Gasteiger partial charge on any atom is 0.271 e. The minimum Gasteiger partial charge on any atom is -0.508 e. The smallest absolute Gasteiger partial charge is 0.271 e. The molecule has 0 unspecified atom stereocenters. The third kappa shape index (κ3) is 3.45. The van der Waals surface area contributed by atoms with E-state index >= 15 is 0 Å². The molecule has 0 saturated carbocycles. The number of hydrazone groups is 1. The van der Waals surface area contributed by atoms with Crippen LogP contribution in [0.5, 0.6) is 5.75 Å². The van der Waals surface area contributed by atoms with Crippen molar-refractivity contribution in [3.8, 4) is 5.75 Å². The Bertz CT molecular complexity index is 646. The molecule has 0 heterocycles. The van der Waals surface area contributed by atoms with Crippen LogP contribution in [-0.4, -0.2) is 16.7 Å². The number of phenols is 1. The van der Waals surface area contributed by atoms with E-state index in [-0.39, 0.29) is 11.7 Å². The van der Waals surface area contributed by atoms with Crippen molar-refractivity contribution in [2.24, 2.45) is 5.10 Å². The Balaban J connectivity index is 2.08. The van der Waals surface area contributed by atoms with Crippen molar-refractivity contribution >= 4 is 11.6 Å². The number of phenolic OH excluding ortho intramolecular Hbond substituents is 1. The van der Waals surface area contributed by atoms with Gasteiger partial charge in [0.1, 0.15) is 5.75 Å². The number of rotatable bonds is 3. The standard InChI is InChI=1S/C16H16N2O2/c1-11-6-8-13(9-7-11)16(20)18-17-12(2)14-4-3-5-15(19)10-14/h3-10,19H,1-2H3,(H,18,20)/b17-12-. The minimum atomic E-state index is -0.260. The van der Waals surface area contributed by atoms with Gasteiger partial charge in [-0.2, -0.15) is 5.10 Å². The Hall–Kier alpha value is -2.62. The molecule has 0 aromatic heterocycles. The summed E-state index contributed by atoms with van der Waals surface area (Å²) in [6, 6.07) is 14.0. The second-order valence-electron chi connectivity index (χ2n) is 4.55. The molecule has 4 heteroatoms. The number of amides is 1. The molecule has 20 heavy (non-hydrogen) atoms. The Labute approximate surface area is 117 Å². The van der Waals surface area contributed by atoms with E-state index in [9.17, 15) is 9.90 Å². The van der Waals surface area contributed by atoms with Gasteiger partial charge in [-0.1, -0.05) is 29.8 Å². The molecule has 4 nitrogen and oxygen atoms in total. The molecule has 0 aliphatic heterocycles. The maximum absolute atomic E-state index is 11.9. The van der Waals surface area contributed by atoms with Crippen LogP contribution < -0.4 is 5.43 Å². The highest BCUT2D eigenvalue weighted by atomic mass is 16.3. The van der Waals surface area contributed by atoms with Crippen LogP contribution in [0.3, 0.4) is 0 Å². The topological polar surface area (TPSA) is 61.7 Å². The molecule has 1 amide bonds. The Morgan fingerprint density at radius 3 is 2.45 bits per heavy atom. The molecular weight excluding hydrogens is 252 g/mol. The fourth-order valence-corrected chi connectivity index (χ4v) is 1.70. The van der Waals surface area contributed by atoms with Crippen LogP contribution in [0.2, 0.25) is 0 Å². The molecule has 102 valence electrons. The van der Waals surface area contributed by atoms with Gasteiger partial charge in [0.15, 0.2) is 0 Å². The fraction of sp³-hybridized carbons (Fsp3) is 0.125. The van der Waals surface area contributed by atoms with Gasteiger partial charge in [0.05, 0.1) is 5.71 Å². The number of aryl methyl sites for hydroxylation is 1. The molecule has 0 atom stereocenters. The van der Waals surface area contributed by atoms with E-state index in [4.69, 9.17) is 0 Å². The zero-order chi connectivity index (χ0) is 14.5. The lowest BCUT2D eigenvalue weighted by molar-refractivity contribution is 0.0955. The van der Waals surface area contributed by atoms with Gasteiger partial charge in [0.25, 0.3) is 5.91 Å². The molecule has 0 radical (unpaired) electrons. The first-order valence-electron chi connectivity index (χ1n) is 6.27. The van der Waals surface area contributed by atoms with E-state index in [0.717, 1.165) is 11.1 Å². The van der Waals surface area contributed by atoms with Crippen LogP contribution in [0.1, 0.15) is 28.4 Å². The van der Waals surface area contributed by atoms with Gasteiger partial charge in [-0.05, 0) is 38.1 Å². The van der Waals surface area contributed by atoms with Crippen molar-refractivity contribution in [2.45, 2.75) is 13.8 Å². The van der Waals surface area contributed by atoms with Crippen LogP contribution in [0.4, 0.5) is 0 Å². The van der Waals surface area contributed by atoms with Gasteiger partial charge >= 0.3 is 0 Å². The summed E-state index contributed by atoms with van der Waals surface area (Å²) in [5, 5.41) is 13.4. The zero-order valence-electron chi connectivity index (χ0n) is 11.4. The van der Waals surface area contributed by atoms with E-state index in [1.807, 2.05) is 25.1 Å². The van der Waals surface area contributed by atoms with Crippen LogP contribution in [0.25, 0.3) is 0 Å². The molecule has 2 aromatic rings. The van der Waals surface area contributed by atoms with Crippen LogP contribution in [0.15, 0.2) is 53.6 Å². The van der Waals surface area contributed by atoms with Crippen LogP contribution in [0, 0.1) is 6.92 Å². The summed E-state index contributed by atoms with van der Waals surface area (Å²) in [5.41, 5.74) is 5.54. The average Bonchev–Trinajstić information content (AvgIpc) is 2.45. The number of nitrogens with one attached hydrogen (secondary N) is 1. The molecule has 0 aliphatic carbocycles. The summed E-state index contributed by atoms with van der Waals surface area (Å²) in [6.45, 7) is 3.73. The second-order valence-corrected chi connectivity index (χ2v) is 4.55. The van der Waals surface area contributed by atoms with Gasteiger partial charge in [-0.25, -0.2) is 5.43 Å². The summed E-state index contributed by atoms with van der Waals surface area (Å²) < 4.78 is 0. The molecule has 2 aromatic carbocycles. The number of aromatic hydroxyl groups is 1. The highest BCUT2D eigenvalue weighted by Gasteiger charge is 2.04. The highest BCUT2D eigenvalue weighted by molar-refractivity contribution is 6.01. The zero-order valence-corrected chi connectivity index (χ0v) is 11.4. The summed E-state index contributed by atoms with van der Waals surface area (Å²) in [4.78, 5) is 11.9. The molecule has 0 aliphatic rings. The maximum atomic E-state index is 11.9. The first kappa shape index (κ1) is 13.8. The molecular formula is C16H16N2O2. The predicted molar refractivity (Wildman–Crippen MR) is 79.0 cm³/mol. The van der Waals surface area contributed by atoms with Crippen LogP contribution >= 0.6 is 0 Å². The van der Waals surface area contributed by atoms with Crippen molar-refractivity contribution in [2.75, 3.05) is 0 Å². The summed E-state index contributed by atoms with van der Waals surface area (Å²) in [7, 11) is 0. The predicted octanol–water partition coefficient (Wildman–Crippen LogP) is 2.85. The van der Waals surface area contributed by atoms with Crippen molar-refractivity contribution in [1.82, 2.24) is 5.43 Å². The lowest BCUT2D eigenvalue weighted by Gasteiger charge is -2.04. The van der Waals surface area contributed by atoms with E-state index in [1.54, 1.807) is 37.3 Å². The first-order chi connectivity index (χ1) is 9.56. The Morgan fingerprint density at radius 1 is 1.10 bits per heavy atom. The average molecular weight is 268 g/mol. The van der Waals surface area contributed by atoms with E-state index in [0.29, 0.717) is 11.3 Å². The monoisotopic (exact) mass is 268 g/mol. The fourth-order valence-electron chi connectivity index (χ4n) is 1.70. The lowest BCUT2D eigenvalue weighted by Crippen LogP contribution is -2.19. The summed E-state index contributed by atoms with van der Waals surface area (Å²) >= 11 is 0. The number of hydrogen-bond acceptors (Lipinski definition) is 3. The first-order valence-corrected chi connectivity index (χ1v) is 6.27. The Morgan fingerprint density at radius 2 is 1.80 bits per heavy atom. The third-order valence-electron chi connectivity index (χ3n) is 2.90. The van der Waals surface area contributed by atoms with Gasteiger partial charge in [-0.3, -0.25) is 4.79 Å². The van der Waals surface area contributed by atoms with Crippen molar-refractivity contribution in [3.05, 3.63) is 65.2 Å². The second kappa shape index (κ2) is 6.02. The number of nitrogens with zero attached hydrogens (tertiary/aromatic N) is 1. The normalized spacial score (nSPS) is 11.2. The van der Waals surface area contributed by atoms with E-state index in [2.05, 4.69) is 10.5 Å². The highest BCUT2D eigenvalue weighted by Crippen LogP contribution is 2.11. The molecule has 0 fully saturated rings. The molecule has 2 rings (SSSR count). The molecule has 0 bridgehead atoms. The van der Waals surface area contributed by atoms with Gasteiger partial charge in [-0.15, -0.1) is 0 Å². The largest absolute Gasteiger partial charge is 0.508 e. The molecule has 0 spiro atoms. The van der Waals surface area contributed by atoms with E-state index < -0.39 is 0 Å². The molecule has 2 N–H and O–H groups in total. The van der Waals surface area contributed by atoms with Gasteiger partial charge < -0.3 is 5.11 Å². The van der Waals surface area contributed by atoms with Crippen molar-refractivity contribution in [3.63, 3.8) is 0 Å². The number of carbonyl (C=O) groups excluding carboxylic acids is 1. The van der Waals surface area contributed by atoms with E-state index in [1.165, 1.54) is 0 Å². The Kier molecular flexibility index (Phi) is 4.15. The van der Waals surface area contributed by atoms with Crippen molar-refractivity contribution in [1.29, 1.82) is 0 Å². The summed E-state index contributed by atoms with van der Waals surface area (Å²) in [6.07, 6.45) is 0. The molecule has 0 saturated heterocycles. The number of hydrogen-bond donors (Lipinski definition) is 2. The lowest BCUT2D eigenvalue weighted by atomic mass is 10.1. The minimum absolute atomic E-state index is 0.168. The SMILES string of the molecule is C/C(=N/NC(=O)c1ccc(C)cc1)c1cccc(O)c1. The quantitative estimate of drug-likeness (QED) is 0.664. The van der Waals surface area contributed by atoms with Gasteiger partial charge in [0, 0.05) is 11.1 Å². The van der Waals surface area contributed by atoms with Crippen LogP contribution in [-0.2, 0) is 0 Å². The number of carbonyl (C=O) groups is 1. The summed E-state index contributed by atoms with van der Waals surface area (Å²) in [5.74, 6) is -0.0913. The van der Waals surface area contributed by atoms with Gasteiger partial charge in [0.2, 0.25) is 0 Å². The number of benzene rings is 2. The van der Waals surface area contributed by atoms with Crippen molar-refractivity contribution < 1.29 is 9.90 Å².